The van der Waals surface area contributed by atoms with Gasteiger partial charge >= 0.3 is 5.97 Å². The topological polar surface area (TPSA) is 106 Å². The van der Waals surface area contributed by atoms with Crippen LogP contribution in [0.4, 0.5) is 5.13 Å². The molecule has 0 atom stereocenters. The summed E-state index contributed by atoms with van der Waals surface area (Å²) in [4.78, 5) is 52.6. The molecule has 1 amide bonds. The van der Waals surface area contributed by atoms with E-state index in [9.17, 15) is 14.4 Å². The first-order valence-corrected chi connectivity index (χ1v) is 13.7. The first-order chi connectivity index (χ1) is 16.9. The van der Waals surface area contributed by atoms with Crippen LogP contribution in [0.15, 0.2) is 4.79 Å². The Morgan fingerprint density at radius 2 is 1.86 bits per heavy atom. The molecule has 3 aromatic heterocycles. The number of nitrogens with zero attached hydrogens (tertiary/aromatic N) is 4. The van der Waals surface area contributed by atoms with Crippen molar-refractivity contribution in [2.75, 3.05) is 25.0 Å². The van der Waals surface area contributed by atoms with Crippen LogP contribution >= 0.6 is 22.7 Å². The van der Waals surface area contributed by atoms with E-state index in [-0.39, 0.29) is 24.6 Å². The number of anilines is 1. The number of fused-ring (bicyclic) bond motifs is 3. The summed E-state index contributed by atoms with van der Waals surface area (Å²) >= 11 is 2.68. The number of carbonyl (C=O) groups excluding carboxylic acids is 2. The molecule has 0 aliphatic heterocycles. The van der Waals surface area contributed by atoms with Crippen molar-refractivity contribution in [3.8, 4) is 0 Å². The molecule has 1 aliphatic rings. The minimum absolute atomic E-state index is 0.158. The molecule has 0 aromatic carbocycles. The fraction of sp³-hybridized carbons (Fsp3) is 0.542. The van der Waals surface area contributed by atoms with Gasteiger partial charge in [0, 0.05) is 4.88 Å². The van der Waals surface area contributed by atoms with E-state index < -0.39 is 5.97 Å². The predicted molar refractivity (Wildman–Crippen MR) is 139 cm³/mol. The normalized spacial score (nSPS) is 13.3. The molecule has 0 spiro atoms. The molecule has 0 bridgehead atoms. The predicted octanol–water partition coefficient (Wildman–Crippen LogP) is 3.76. The van der Waals surface area contributed by atoms with Crippen LogP contribution in [0.5, 0.6) is 0 Å². The molecule has 0 saturated heterocycles. The van der Waals surface area contributed by atoms with Gasteiger partial charge < -0.3 is 10.1 Å². The first-order valence-electron chi connectivity index (χ1n) is 12.1. The second kappa shape index (κ2) is 11.0. The molecule has 0 radical (unpaired) electrons. The van der Waals surface area contributed by atoms with Crippen LogP contribution in [0, 0.1) is 6.92 Å². The zero-order valence-corrected chi connectivity index (χ0v) is 22.2. The maximum atomic E-state index is 13.7. The molecule has 1 aliphatic carbocycles. The number of carbonyl (C=O) groups is 2. The van der Waals surface area contributed by atoms with Gasteiger partial charge in [0.15, 0.2) is 5.13 Å². The van der Waals surface area contributed by atoms with Gasteiger partial charge in [0.25, 0.3) is 5.56 Å². The quantitative estimate of drug-likeness (QED) is 0.431. The average Bonchev–Trinajstić information content (AvgIpc) is 3.39. The van der Waals surface area contributed by atoms with E-state index in [1.807, 2.05) is 0 Å². The molecule has 1 N–H and O–H groups in total. The molecular weight excluding hydrogens is 486 g/mol. The summed E-state index contributed by atoms with van der Waals surface area (Å²) in [5.41, 5.74) is 1.44. The van der Waals surface area contributed by atoms with E-state index in [0.717, 1.165) is 60.5 Å². The highest BCUT2D eigenvalue weighted by Crippen LogP contribution is 2.34. The van der Waals surface area contributed by atoms with Gasteiger partial charge in [-0.3, -0.25) is 19.1 Å². The van der Waals surface area contributed by atoms with Crippen molar-refractivity contribution in [2.45, 2.75) is 66.5 Å². The van der Waals surface area contributed by atoms with Crippen molar-refractivity contribution < 1.29 is 14.3 Å². The third-order valence-electron chi connectivity index (χ3n) is 6.22. The number of thiazole rings is 1. The van der Waals surface area contributed by atoms with Crippen molar-refractivity contribution in [1.82, 2.24) is 19.4 Å². The SMILES string of the molecule is CCOC(=O)c1sc(NC(=O)Cn2c(CN(CC)CC)nc3sc4c(c3c2=O)CCCC4)nc1C. The third kappa shape index (κ3) is 5.31. The highest BCUT2D eigenvalue weighted by atomic mass is 32.1. The molecule has 4 rings (SSSR count). The minimum Gasteiger partial charge on any atom is -0.462 e. The minimum atomic E-state index is -0.461. The van der Waals surface area contributed by atoms with E-state index in [1.54, 1.807) is 25.2 Å². The molecule has 0 unspecified atom stereocenters. The lowest BCUT2D eigenvalue weighted by atomic mass is 9.97. The number of amides is 1. The number of esters is 1. The molecule has 9 nitrogen and oxygen atoms in total. The highest BCUT2D eigenvalue weighted by molar-refractivity contribution is 7.19. The van der Waals surface area contributed by atoms with Crippen LogP contribution in [0.25, 0.3) is 10.2 Å². The zero-order valence-electron chi connectivity index (χ0n) is 20.6. The number of ether oxygens (including phenoxy) is 1. The van der Waals surface area contributed by atoms with Gasteiger partial charge in [-0.25, -0.2) is 14.8 Å². The summed E-state index contributed by atoms with van der Waals surface area (Å²) in [6.07, 6.45) is 4.05. The molecule has 0 saturated carbocycles. The van der Waals surface area contributed by atoms with Crippen molar-refractivity contribution in [1.29, 1.82) is 0 Å². The summed E-state index contributed by atoms with van der Waals surface area (Å²) in [6, 6.07) is 0. The monoisotopic (exact) mass is 517 g/mol. The second-order valence-corrected chi connectivity index (χ2v) is 10.6. The fourth-order valence-corrected chi connectivity index (χ4v) is 6.50. The summed E-state index contributed by atoms with van der Waals surface area (Å²) in [5.74, 6) is -0.262. The summed E-state index contributed by atoms with van der Waals surface area (Å²) in [6.45, 7) is 9.76. The number of aromatic nitrogens is 3. The largest absolute Gasteiger partial charge is 0.462 e. The zero-order chi connectivity index (χ0) is 25.1. The van der Waals surface area contributed by atoms with Crippen molar-refractivity contribution in [2.24, 2.45) is 0 Å². The van der Waals surface area contributed by atoms with Crippen LogP contribution in [0.1, 0.15) is 65.2 Å². The summed E-state index contributed by atoms with van der Waals surface area (Å²) in [7, 11) is 0. The number of aryl methyl sites for hydroxylation is 3. The molecule has 3 heterocycles. The summed E-state index contributed by atoms with van der Waals surface area (Å²) < 4.78 is 6.56. The van der Waals surface area contributed by atoms with Gasteiger partial charge in [-0.1, -0.05) is 25.2 Å². The Kier molecular flexibility index (Phi) is 7.98. The van der Waals surface area contributed by atoms with Gasteiger partial charge in [-0.15, -0.1) is 11.3 Å². The number of thiophene rings is 1. The van der Waals surface area contributed by atoms with Crippen LogP contribution in [0.3, 0.4) is 0 Å². The number of hydrogen-bond donors (Lipinski definition) is 1. The molecule has 3 aromatic rings. The number of nitrogens with one attached hydrogen (secondary N) is 1. The molecule has 11 heteroatoms. The Labute approximate surface area is 212 Å². The van der Waals surface area contributed by atoms with Crippen LogP contribution in [0.2, 0.25) is 0 Å². The van der Waals surface area contributed by atoms with Gasteiger partial charge in [0.1, 0.15) is 22.1 Å². The maximum Gasteiger partial charge on any atom is 0.350 e. The van der Waals surface area contributed by atoms with Gasteiger partial charge in [-0.05, 0) is 58.2 Å². The summed E-state index contributed by atoms with van der Waals surface area (Å²) in [5, 5.41) is 3.71. The van der Waals surface area contributed by atoms with E-state index >= 15 is 0 Å². The molecular formula is C24H31N5O4S2. The molecule has 35 heavy (non-hydrogen) atoms. The van der Waals surface area contributed by atoms with E-state index in [2.05, 4.69) is 29.0 Å². The van der Waals surface area contributed by atoms with E-state index in [0.29, 0.717) is 33.5 Å². The second-order valence-electron chi connectivity index (χ2n) is 8.47. The van der Waals surface area contributed by atoms with Crippen LogP contribution in [-0.2, 0) is 35.5 Å². The van der Waals surface area contributed by atoms with Crippen LogP contribution in [-0.4, -0.2) is 51.0 Å². The Morgan fingerprint density at radius 1 is 1.11 bits per heavy atom. The smallest absolute Gasteiger partial charge is 0.350 e. The van der Waals surface area contributed by atoms with Crippen molar-refractivity contribution in [3.05, 3.63) is 37.2 Å². The average molecular weight is 518 g/mol. The van der Waals surface area contributed by atoms with Gasteiger partial charge in [0.2, 0.25) is 5.91 Å². The van der Waals surface area contributed by atoms with Crippen molar-refractivity contribution in [3.63, 3.8) is 0 Å². The van der Waals surface area contributed by atoms with Gasteiger partial charge in [0.05, 0.1) is 24.2 Å². The lowest BCUT2D eigenvalue weighted by molar-refractivity contribution is -0.116. The third-order valence-corrected chi connectivity index (χ3v) is 8.46. The number of rotatable bonds is 9. The Hall–Kier alpha value is -2.63. The molecule has 0 fully saturated rings. The van der Waals surface area contributed by atoms with Gasteiger partial charge in [-0.2, -0.15) is 0 Å². The Morgan fingerprint density at radius 3 is 2.57 bits per heavy atom. The fourth-order valence-electron chi connectivity index (χ4n) is 4.35. The lowest BCUT2D eigenvalue weighted by Crippen LogP contribution is -2.34. The van der Waals surface area contributed by atoms with E-state index in [1.165, 1.54) is 9.44 Å². The van der Waals surface area contributed by atoms with Crippen molar-refractivity contribution >= 4 is 49.9 Å². The first kappa shape index (κ1) is 25.5. The number of hydrogen-bond acceptors (Lipinski definition) is 9. The standard InChI is InChI=1S/C24H31N5O4S2/c1-5-28(6-2)12-17-26-21-19(15-10-8-9-11-16(15)34-21)22(31)29(17)13-18(30)27-24-25-14(4)20(35-24)23(32)33-7-3/h5-13H2,1-4H3,(H,25,27,30). The van der Waals surface area contributed by atoms with Crippen LogP contribution < -0.4 is 10.9 Å². The molecule has 188 valence electrons. The lowest BCUT2D eigenvalue weighted by Gasteiger charge is -2.20. The Balaban J connectivity index is 1.67. The maximum absolute atomic E-state index is 13.7. The Bertz CT molecular complexity index is 1310. The van der Waals surface area contributed by atoms with E-state index in [4.69, 9.17) is 9.72 Å². The highest BCUT2D eigenvalue weighted by Gasteiger charge is 2.24.